The Morgan fingerprint density at radius 2 is 2.00 bits per heavy atom. The van der Waals surface area contributed by atoms with Gasteiger partial charge in [-0.05, 0) is 30.4 Å². The van der Waals surface area contributed by atoms with Crippen LogP contribution < -0.4 is 5.32 Å². The summed E-state index contributed by atoms with van der Waals surface area (Å²) < 4.78 is 0. The first-order valence-corrected chi connectivity index (χ1v) is 9.76. The number of rotatable bonds is 6. The summed E-state index contributed by atoms with van der Waals surface area (Å²) in [6.45, 7) is 4.15. The maximum atomic E-state index is 12.4. The lowest BCUT2D eigenvalue weighted by molar-refractivity contribution is -0.121. The van der Waals surface area contributed by atoms with E-state index in [4.69, 9.17) is 0 Å². The number of nitrogens with zero attached hydrogens (tertiary/aromatic N) is 1. The number of aromatic nitrogens is 1. The van der Waals surface area contributed by atoms with Crippen molar-refractivity contribution in [2.24, 2.45) is 0 Å². The van der Waals surface area contributed by atoms with Gasteiger partial charge in [0.2, 0.25) is 5.91 Å². The van der Waals surface area contributed by atoms with Gasteiger partial charge in [-0.2, -0.15) is 0 Å². The van der Waals surface area contributed by atoms with Crippen molar-refractivity contribution in [2.45, 2.75) is 32.7 Å². The Kier molecular flexibility index (Phi) is 5.43. The molecule has 2 aromatic heterocycles. The van der Waals surface area contributed by atoms with E-state index in [1.54, 1.807) is 22.7 Å². The molecule has 24 heavy (non-hydrogen) atoms. The number of benzene rings is 1. The third-order valence-corrected chi connectivity index (χ3v) is 5.78. The summed E-state index contributed by atoms with van der Waals surface area (Å²) in [5, 5.41) is 8.12. The minimum atomic E-state index is 0.0189. The molecule has 0 saturated heterocycles. The van der Waals surface area contributed by atoms with Gasteiger partial charge in [0.25, 0.3) is 0 Å². The van der Waals surface area contributed by atoms with E-state index in [2.05, 4.69) is 54.5 Å². The van der Waals surface area contributed by atoms with Gasteiger partial charge in [0.15, 0.2) is 0 Å². The fourth-order valence-corrected chi connectivity index (χ4v) is 4.17. The van der Waals surface area contributed by atoms with E-state index in [1.807, 2.05) is 16.8 Å². The smallest absolute Gasteiger partial charge is 0.226 e. The number of carbonyl (C=O) groups excluding carboxylic acids is 1. The number of thiophene rings is 1. The Morgan fingerprint density at radius 3 is 2.67 bits per heavy atom. The van der Waals surface area contributed by atoms with Crippen molar-refractivity contribution in [2.75, 3.05) is 0 Å². The highest BCUT2D eigenvalue weighted by atomic mass is 32.1. The molecule has 0 saturated carbocycles. The summed E-state index contributed by atoms with van der Waals surface area (Å²) >= 11 is 3.26. The van der Waals surface area contributed by atoms with Crippen molar-refractivity contribution in [3.63, 3.8) is 0 Å². The lowest BCUT2D eigenvalue weighted by Crippen LogP contribution is -2.29. The van der Waals surface area contributed by atoms with Crippen molar-refractivity contribution in [1.82, 2.24) is 10.3 Å². The van der Waals surface area contributed by atoms with Crippen LogP contribution in [0.1, 0.15) is 36.2 Å². The second kappa shape index (κ2) is 7.73. The van der Waals surface area contributed by atoms with Crippen LogP contribution in [0.25, 0.3) is 9.88 Å². The van der Waals surface area contributed by atoms with Gasteiger partial charge < -0.3 is 5.32 Å². The molecule has 0 aliphatic rings. The summed E-state index contributed by atoms with van der Waals surface area (Å²) in [4.78, 5) is 18.1. The van der Waals surface area contributed by atoms with Gasteiger partial charge in [0.05, 0.1) is 23.0 Å². The molecular weight excluding hydrogens is 336 g/mol. The number of nitrogens with one attached hydrogen (secondary N) is 1. The first-order chi connectivity index (χ1) is 11.7. The van der Waals surface area contributed by atoms with Crippen molar-refractivity contribution >= 4 is 28.6 Å². The summed E-state index contributed by atoms with van der Waals surface area (Å²) in [5.41, 5.74) is 3.21. The number of hydrogen-bond donors (Lipinski definition) is 1. The van der Waals surface area contributed by atoms with Crippen LogP contribution in [-0.2, 0) is 11.2 Å². The van der Waals surface area contributed by atoms with Crippen LogP contribution in [0.2, 0.25) is 0 Å². The van der Waals surface area contributed by atoms with E-state index in [-0.39, 0.29) is 11.9 Å². The van der Waals surface area contributed by atoms with Gasteiger partial charge in [-0.15, -0.1) is 22.7 Å². The van der Waals surface area contributed by atoms with E-state index < -0.39 is 0 Å². The lowest BCUT2D eigenvalue weighted by atomic mass is 10.0. The molecular formula is C19H20N2OS2. The average Bonchev–Trinajstić information content (AvgIpc) is 3.24. The van der Waals surface area contributed by atoms with Gasteiger partial charge in [0.1, 0.15) is 5.01 Å². The molecule has 3 rings (SSSR count). The molecule has 0 aliphatic heterocycles. The molecule has 1 amide bonds. The number of aryl methyl sites for hydroxylation is 1. The highest BCUT2D eigenvalue weighted by Gasteiger charge is 2.14. The van der Waals surface area contributed by atoms with Crippen LogP contribution in [0.3, 0.4) is 0 Å². The molecule has 1 aromatic carbocycles. The molecule has 1 N–H and O–H groups in total. The summed E-state index contributed by atoms with van der Waals surface area (Å²) in [6, 6.07) is 12.5. The number of carbonyl (C=O) groups is 1. The summed E-state index contributed by atoms with van der Waals surface area (Å²) in [7, 11) is 0. The van der Waals surface area contributed by atoms with Crippen molar-refractivity contribution in [3.8, 4) is 9.88 Å². The van der Waals surface area contributed by atoms with Crippen LogP contribution in [0.15, 0.2) is 47.2 Å². The molecule has 0 unspecified atom stereocenters. The van der Waals surface area contributed by atoms with Crippen LogP contribution in [0, 0.1) is 6.92 Å². The van der Waals surface area contributed by atoms with Crippen LogP contribution >= 0.6 is 22.7 Å². The van der Waals surface area contributed by atoms with Crippen molar-refractivity contribution in [1.29, 1.82) is 0 Å². The Balaban J connectivity index is 1.63. The van der Waals surface area contributed by atoms with Gasteiger partial charge in [-0.1, -0.05) is 42.8 Å². The second-order valence-corrected chi connectivity index (χ2v) is 7.54. The molecule has 124 valence electrons. The van der Waals surface area contributed by atoms with Crippen LogP contribution in [-0.4, -0.2) is 10.9 Å². The first kappa shape index (κ1) is 16.9. The minimum absolute atomic E-state index is 0.0189. The Labute approximate surface area is 150 Å². The predicted octanol–water partition coefficient (Wildman–Crippen LogP) is 4.99. The predicted molar refractivity (Wildman–Crippen MR) is 101 cm³/mol. The molecule has 5 heteroatoms. The van der Waals surface area contributed by atoms with E-state index >= 15 is 0 Å². The molecule has 3 aromatic rings. The van der Waals surface area contributed by atoms with Crippen LogP contribution in [0.4, 0.5) is 0 Å². The molecule has 1 atom stereocenters. The van der Waals surface area contributed by atoms with Gasteiger partial charge in [-0.25, -0.2) is 4.98 Å². The Hall–Kier alpha value is -1.98. The average molecular weight is 357 g/mol. The molecule has 0 spiro atoms. The zero-order valence-corrected chi connectivity index (χ0v) is 15.4. The highest BCUT2D eigenvalue weighted by Crippen LogP contribution is 2.28. The molecule has 0 bridgehead atoms. The fourth-order valence-electron chi connectivity index (χ4n) is 2.53. The standard InChI is InChI=1S/C19H20N2OS2/c1-3-16(14-8-6-13(2)7-9-14)21-18(22)11-15-12-24-19(20-15)17-5-4-10-23-17/h4-10,12,16H,3,11H2,1-2H3,(H,21,22)/t16-/m0/s1. The molecule has 2 heterocycles. The summed E-state index contributed by atoms with van der Waals surface area (Å²) in [5.74, 6) is 0.0189. The monoisotopic (exact) mass is 356 g/mol. The molecule has 0 aliphatic carbocycles. The topological polar surface area (TPSA) is 42.0 Å². The lowest BCUT2D eigenvalue weighted by Gasteiger charge is -2.17. The number of hydrogen-bond acceptors (Lipinski definition) is 4. The Morgan fingerprint density at radius 1 is 1.21 bits per heavy atom. The quantitative estimate of drug-likeness (QED) is 0.676. The zero-order chi connectivity index (χ0) is 16.9. The van der Waals surface area contributed by atoms with E-state index in [0.717, 1.165) is 27.6 Å². The minimum Gasteiger partial charge on any atom is -0.349 e. The zero-order valence-electron chi connectivity index (χ0n) is 13.8. The number of amides is 1. The second-order valence-electron chi connectivity index (χ2n) is 5.74. The largest absolute Gasteiger partial charge is 0.349 e. The Bertz CT molecular complexity index is 791. The van der Waals surface area contributed by atoms with Gasteiger partial charge in [-0.3, -0.25) is 4.79 Å². The third-order valence-electron chi connectivity index (χ3n) is 3.85. The summed E-state index contributed by atoms with van der Waals surface area (Å²) in [6.07, 6.45) is 1.19. The van der Waals surface area contributed by atoms with Gasteiger partial charge >= 0.3 is 0 Å². The van der Waals surface area contributed by atoms with Gasteiger partial charge in [0, 0.05) is 5.38 Å². The van der Waals surface area contributed by atoms with Crippen molar-refractivity contribution in [3.05, 3.63) is 64.0 Å². The molecule has 0 fully saturated rings. The SMILES string of the molecule is CC[C@H](NC(=O)Cc1csc(-c2cccs2)n1)c1ccc(C)cc1. The van der Waals surface area contributed by atoms with Crippen molar-refractivity contribution < 1.29 is 4.79 Å². The highest BCUT2D eigenvalue weighted by molar-refractivity contribution is 7.20. The molecule has 3 nitrogen and oxygen atoms in total. The molecule has 0 radical (unpaired) electrons. The van der Waals surface area contributed by atoms with Crippen LogP contribution in [0.5, 0.6) is 0 Å². The first-order valence-electron chi connectivity index (χ1n) is 8.00. The van der Waals surface area contributed by atoms with E-state index in [1.165, 1.54) is 5.56 Å². The third kappa shape index (κ3) is 4.10. The maximum Gasteiger partial charge on any atom is 0.226 e. The van der Waals surface area contributed by atoms with E-state index in [0.29, 0.717) is 6.42 Å². The fraction of sp³-hybridized carbons (Fsp3) is 0.263. The number of thiazole rings is 1. The normalized spacial score (nSPS) is 12.1. The maximum absolute atomic E-state index is 12.4. The van der Waals surface area contributed by atoms with E-state index in [9.17, 15) is 4.79 Å².